The molecular weight excluding hydrogens is 230 g/mol. The van der Waals surface area contributed by atoms with Crippen LogP contribution in [0.1, 0.15) is 59.3 Å². The van der Waals surface area contributed by atoms with E-state index in [1.54, 1.807) is 6.92 Å². The molecule has 108 valence electrons. The van der Waals surface area contributed by atoms with Gasteiger partial charge in [-0.25, -0.2) is 0 Å². The first-order chi connectivity index (χ1) is 8.56. The molecular formula is C14H29NO3. The van der Waals surface area contributed by atoms with Gasteiger partial charge in [-0.05, 0) is 32.7 Å². The quantitative estimate of drug-likeness (QED) is 0.529. The smallest absolute Gasteiger partial charge is 0.323 e. The molecule has 1 unspecified atom stereocenters. The number of hydrogen-bond acceptors (Lipinski definition) is 3. The number of aliphatic carboxylic acids is 1. The first kappa shape index (κ1) is 17.4. The van der Waals surface area contributed by atoms with Gasteiger partial charge in [0.2, 0.25) is 0 Å². The number of nitrogens with one attached hydrogen (secondary N) is 1. The Kier molecular flexibility index (Phi) is 9.98. The van der Waals surface area contributed by atoms with E-state index in [-0.39, 0.29) is 0 Å². The minimum Gasteiger partial charge on any atom is -0.480 e. The van der Waals surface area contributed by atoms with Crippen LogP contribution in [0.4, 0.5) is 0 Å². The summed E-state index contributed by atoms with van der Waals surface area (Å²) in [4.78, 5) is 11.2. The van der Waals surface area contributed by atoms with Gasteiger partial charge in [0, 0.05) is 13.2 Å². The van der Waals surface area contributed by atoms with Gasteiger partial charge in [-0.3, -0.25) is 4.79 Å². The highest BCUT2D eigenvalue weighted by Gasteiger charge is 2.31. The van der Waals surface area contributed by atoms with Crippen molar-refractivity contribution in [2.24, 2.45) is 0 Å². The SMILES string of the molecule is CCCCCCOCCC(C)(NCCC)C(=O)O. The molecule has 2 N–H and O–H groups in total. The maximum Gasteiger partial charge on any atom is 0.323 e. The maximum atomic E-state index is 11.2. The van der Waals surface area contributed by atoms with Crippen molar-refractivity contribution < 1.29 is 14.6 Å². The summed E-state index contributed by atoms with van der Waals surface area (Å²) in [6.45, 7) is 7.90. The van der Waals surface area contributed by atoms with Gasteiger partial charge in [0.25, 0.3) is 0 Å². The van der Waals surface area contributed by atoms with Gasteiger partial charge in [0.1, 0.15) is 5.54 Å². The van der Waals surface area contributed by atoms with Gasteiger partial charge in [-0.15, -0.1) is 0 Å². The second kappa shape index (κ2) is 10.3. The summed E-state index contributed by atoms with van der Waals surface area (Å²) in [5, 5.41) is 12.3. The van der Waals surface area contributed by atoms with Crippen LogP contribution in [0.25, 0.3) is 0 Å². The van der Waals surface area contributed by atoms with E-state index in [1.165, 1.54) is 19.3 Å². The molecule has 4 heteroatoms. The van der Waals surface area contributed by atoms with E-state index in [2.05, 4.69) is 12.2 Å². The van der Waals surface area contributed by atoms with E-state index < -0.39 is 11.5 Å². The number of carboxylic acids is 1. The van der Waals surface area contributed by atoms with Gasteiger partial charge in [0.15, 0.2) is 0 Å². The molecule has 4 nitrogen and oxygen atoms in total. The molecule has 0 heterocycles. The van der Waals surface area contributed by atoms with Crippen molar-refractivity contribution in [1.29, 1.82) is 0 Å². The highest BCUT2D eigenvalue weighted by molar-refractivity contribution is 5.78. The second-order valence-corrected chi connectivity index (χ2v) is 4.99. The number of carbonyl (C=O) groups is 1. The molecule has 0 fully saturated rings. The van der Waals surface area contributed by atoms with Crippen LogP contribution in [0, 0.1) is 0 Å². The number of ether oxygens (including phenoxy) is 1. The minimum atomic E-state index is -0.862. The molecule has 18 heavy (non-hydrogen) atoms. The zero-order valence-electron chi connectivity index (χ0n) is 12.1. The number of rotatable bonds is 12. The lowest BCUT2D eigenvalue weighted by atomic mass is 9.98. The maximum absolute atomic E-state index is 11.2. The third-order valence-electron chi connectivity index (χ3n) is 3.13. The van der Waals surface area contributed by atoms with Gasteiger partial charge >= 0.3 is 5.97 Å². The molecule has 0 radical (unpaired) electrons. The molecule has 0 aliphatic carbocycles. The Labute approximate surface area is 111 Å². The van der Waals surface area contributed by atoms with Crippen LogP contribution < -0.4 is 5.32 Å². The molecule has 0 rings (SSSR count). The average molecular weight is 259 g/mol. The molecule has 0 amide bonds. The summed E-state index contributed by atoms with van der Waals surface area (Å²) in [6, 6.07) is 0. The molecule has 0 saturated heterocycles. The normalized spacial score (nSPS) is 14.4. The highest BCUT2D eigenvalue weighted by Crippen LogP contribution is 2.10. The number of unbranched alkanes of at least 4 members (excludes halogenated alkanes) is 3. The Balaban J connectivity index is 3.73. The van der Waals surface area contributed by atoms with Crippen LogP contribution in [0.15, 0.2) is 0 Å². The fourth-order valence-electron chi connectivity index (χ4n) is 1.68. The van der Waals surface area contributed by atoms with Crippen LogP contribution in [-0.4, -0.2) is 36.4 Å². The predicted octanol–water partition coefficient (Wildman–Crippen LogP) is 2.82. The van der Waals surface area contributed by atoms with Crippen LogP contribution in [0.5, 0.6) is 0 Å². The minimum absolute atomic E-state index is 0.506. The summed E-state index contributed by atoms with van der Waals surface area (Å²) < 4.78 is 5.50. The van der Waals surface area contributed by atoms with Gasteiger partial charge in [0.05, 0.1) is 0 Å². The molecule has 0 aromatic carbocycles. The summed E-state index contributed by atoms with van der Waals surface area (Å²) >= 11 is 0. The Morgan fingerprint density at radius 1 is 1.17 bits per heavy atom. The topological polar surface area (TPSA) is 58.6 Å². The fraction of sp³-hybridized carbons (Fsp3) is 0.929. The molecule has 0 saturated carbocycles. The highest BCUT2D eigenvalue weighted by atomic mass is 16.5. The molecule has 0 aromatic rings. The van der Waals surface area contributed by atoms with Crippen molar-refractivity contribution in [2.75, 3.05) is 19.8 Å². The summed E-state index contributed by atoms with van der Waals surface area (Å²) in [6.07, 6.45) is 6.17. The summed E-state index contributed by atoms with van der Waals surface area (Å²) in [5.41, 5.74) is -0.862. The molecule has 0 aliphatic heterocycles. The summed E-state index contributed by atoms with van der Waals surface area (Å²) in [5.74, 6) is -0.800. The molecule has 0 spiro atoms. The Hall–Kier alpha value is -0.610. The van der Waals surface area contributed by atoms with Crippen molar-refractivity contribution >= 4 is 5.97 Å². The largest absolute Gasteiger partial charge is 0.480 e. The van der Waals surface area contributed by atoms with Gasteiger partial charge in [-0.2, -0.15) is 0 Å². The average Bonchev–Trinajstić information content (AvgIpc) is 2.35. The third kappa shape index (κ3) is 7.67. The van der Waals surface area contributed by atoms with Gasteiger partial charge in [-0.1, -0.05) is 33.1 Å². The van der Waals surface area contributed by atoms with Crippen LogP contribution >= 0.6 is 0 Å². The molecule has 0 aliphatic rings. The Bertz CT molecular complexity index is 221. The van der Waals surface area contributed by atoms with E-state index in [0.29, 0.717) is 13.0 Å². The first-order valence-corrected chi connectivity index (χ1v) is 7.13. The molecule has 0 bridgehead atoms. The monoisotopic (exact) mass is 259 g/mol. The third-order valence-corrected chi connectivity index (χ3v) is 3.13. The van der Waals surface area contributed by atoms with Gasteiger partial charge < -0.3 is 15.2 Å². The van der Waals surface area contributed by atoms with E-state index in [4.69, 9.17) is 4.74 Å². The van der Waals surface area contributed by atoms with Crippen molar-refractivity contribution in [2.45, 2.75) is 64.8 Å². The van der Waals surface area contributed by atoms with E-state index in [9.17, 15) is 9.90 Å². The Morgan fingerprint density at radius 2 is 1.89 bits per heavy atom. The van der Waals surface area contributed by atoms with Crippen molar-refractivity contribution in [3.63, 3.8) is 0 Å². The molecule has 1 atom stereocenters. The second-order valence-electron chi connectivity index (χ2n) is 4.99. The Morgan fingerprint density at radius 3 is 2.44 bits per heavy atom. The van der Waals surface area contributed by atoms with E-state index >= 15 is 0 Å². The fourth-order valence-corrected chi connectivity index (χ4v) is 1.68. The lowest BCUT2D eigenvalue weighted by molar-refractivity contribution is -0.145. The van der Waals surface area contributed by atoms with Crippen molar-refractivity contribution in [3.8, 4) is 0 Å². The van der Waals surface area contributed by atoms with Crippen molar-refractivity contribution in [3.05, 3.63) is 0 Å². The standard InChI is InChI=1S/C14H29NO3/c1-4-6-7-8-11-18-12-9-14(3,13(16)17)15-10-5-2/h15H,4-12H2,1-3H3,(H,16,17). The van der Waals surface area contributed by atoms with E-state index in [1.807, 2.05) is 6.92 Å². The van der Waals surface area contributed by atoms with Crippen molar-refractivity contribution in [1.82, 2.24) is 5.32 Å². The predicted molar refractivity (Wildman–Crippen MR) is 73.9 cm³/mol. The van der Waals surface area contributed by atoms with E-state index in [0.717, 1.165) is 26.0 Å². The molecule has 0 aromatic heterocycles. The number of hydrogen-bond donors (Lipinski definition) is 2. The lowest BCUT2D eigenvalue weighted by Gasteiger charge is -2.26. The van der Waals surface area contributed by atoms with Crippen LogP contribution in [-0.2, 0) is 9.53 Å². The van der Waals surface area contributed by atoms with Crippen LogP contribution in [0.2, 0.25) is 0 Å². The number of carboxylic acid groups (broad SMARTS) is 1. The van der Waals surface area contributed by atoms with Crippen LogP contribution in [0.3, 0.4) is 0 Å². The zero-order chi connectivity index (χ0) is 13.9. The summed E-state index contributed by atoms with van der Waals surface area (Å²) in [7, 11) is 0. The zero-order valence-corrected chi connectivity index (χ0v) is 12.1. The first-order valence-electron chi connectivity index (χ1n) is 7.13. The lowest BCUT2D eigenvalue weighted by Crippen LogP contribution is -2.50.